The van der Waals surface area contributed by atoms with Gasteiger partial charge in [0.25, 0.3) is 16.0 Å². The van der Waals surface area contributed by atoms with Gasteiger partial charge in [0.05, 0.1) is 27.4 Å². The second-order valence-corrected chi connectivity index (χ2v) is 6.79. The Balaban J connectivity index is 1.89. The molecule has 0 saturated carbocycles. The molecule has 0 aliphatic carbocycles. The lowest BCUT2D eigenvalue weighted by Crippen LogP contribution is -2.36. The van der Waals surface area contributed by atoms with Crippen LogP contribution in [0.1, 0.15) is 0 Å². The van der Waals surface area contributed by atoms with Gasteiger partial charge in [-0.05, 0) is 6.07 Å². The average Bonchev–Trinajstić information content (AvgIpc) is 3.02. The van der Waals surface area contributed by atoms with Gasteiger partial charge in [-0.1, -0.05) is 0 Å². The molecule has 15 heteroatoms. The zero-order valence-corrected chi connectivity index (χ0v) is 16.0. The summed E-state index contributed by atoms with van der Waals surface area (Å²) in [5.74, 6) is -1.55. The van der Waals surface area contributed by atoms with Gasteiger partial charge in [-0.2, -0.15) is 32.3 Å². The maximum Gasteiger partial charge on any atom is 0.335 e. The molecule has 0 aliphatic heterocycles. The average molecular weight is 427 g/mol. The van der Waals surface area contributed by atoms with Gasteiger partial charge in [-0.3, -0.25) is 5.32 Å². The van der Waals surface area contributed by atoms with E-state index < -0.39 is 27.0 Å². The second-order valence-electron chi connectivity index (χ2n) is 5.19. The van der Waals surface area contributed by atoms with Crippen LogP contribution in [0.4, 0.5) is 15.1 Å². The van der Waals surface area contributed by atoms with Crippen LogP contribution in [0.5, 0.6) is 17.6 Å². The van der Waals surface area contributed by atoms with Gasteiger partial charge in [0.2, 0.25) is 28.6 Å². The van der Waals surface area contributed by atoms with Crippen molar-refractivity contribution >= 4 is 27.6 Å². The molecular formula is C14H14FN7O6S. The molecular weight excluding hydrogens is 413 g/mol. The molecule has 0 spiro atoms. The first-order valence-corrected chi connectivity index (χ1v) is 9.16. The molecule has 13 nitrogen and oxygen atoms in total. The molecule has 29 heavy (non-hydrogen) atoms. The van der Waals surface area contributed by atoms with Crippen molar-refractivity contribution in [2.24, 2.45) is 0 Å². The summed E-state index contributed by atoms with van der Waals surface area (Å²) in [5.41, 5.74) is -0.107. The van der Waals surface area contributed by atoms with Crippen LogP contribution in [0.15, 0.2) is 23.2 Å². The third-order valence-electron chi connectivity index (χ3n) is 3.39. The van der Waals surface area contributed by atoms with Crippen molar-refractivity contribution in [3.8, 4) is 17.6 Å². The van der Waals surface area contributed by atoms with Gasteiger partial charge >= 0.3 is 6.03 Å². The van der Waals surface area contributed by atoms with Crippen molar-refractivity contribution in [1.82, 2.24) is 29.3 Å². The molecule has 0 unspecified atom stereocenters. The van der Waals surface area contributed by atoms with Crippen LogP contribution in [0, 0.1) is 5.95 Å². The number of fused-ring (bicyclic) bond motifs is 1. The van der Waals surface area contributed by atoms with Crippen LogP contribution in [0.2, 0.25) is 0 Å². The van der Waals surface area contributed by atoms with Crippen molar-refractivity contribution in [2.45, 2.75) is 5.03 Å². The van der Waals surface area contributed by atoms with Crippen molar-refractivity contribution < 1.29 is 31.8 Å². The number of methoxy groups -OCH3 is 3. The summed E-state index contributed by atoms with van der Waals surface area (Å²) < 4.78 is 56.3. The van der Waals surface area contributed by atoms with E-state index in [1.807, 2.05) is 0 Å². The number of carbonyl (C=O) groups is 1. The Morgan fingerprint density at radius 3 is 2.24 bits per heavy atom. The maximum atomic E-state index is 14.2. The lowest BCUT2D eigenvalue weighted by Gasteiger charge is -2.09. The summed E-state index contributed by atoms with van der Waals surface area (Å²) in [6.45, 7) is 0. The molecule has 3 aromatic rings. The van der Waals surface area contributed by atoms with E-state index >= 15 is 0 Å². The van der Waals surface area contributed by atoms with E-state index in [4.69, 9.17) is 14.2 Å². The lowest BCUT2D eigenvalue weighted by atomic mass is 10.5. The number of carbonyl (C=O) groups excluding carboxylic acids is 1. The highest BCUT2D eigenvalue weighted by Crippen LogP contribution is 2.19. The Morgan fingerprint density at radius 2 is 1.66 bits per heavy atom. The predicted octanol–water partition coefficient (Wildman–Crippen LogP) is 0.195. The van der Waals surface area contributed by atoms with Crippen molar-refractivity contribution in [1.29, 1.82) is 0 Å². The van der Waals surface area contributed by atoms with E-state index in [0.717, 1.165) is 0 Å². The molecule has 0 fully saturated rings. The summed E-state index contributed by atoms with van der Waals surface area (Å²) in [5, 5.41) is 4.91. The molecule has 0 aromatic carbocycles. The summed E-state index contributed by atoms with van der Waals surface area (Å²) in [6, 6.07) is 2.74. The molecule has 2 N–H and O–H groups in total. The number of halogens is 1. The van der Waals surface area contributed by atoms with Gasteiger partial charge in [-0.25, -0.2) is 9.52 Å². The van der Waals surface area contributed by atoms with Crippen LogP contribution in [0.25, 0.3) is 5.65 Å². The van der Waals surface area contributed by atoms with Crippen LogP contribution in [0.3, 0.4) is 0 Å². The van der Waals surface area contributed by atoms with Crippen LogP contribution in [-0.2, 0) is 10.0 Å². The van der Waals surface area contributed by atoms with Crippen molar-refractivity contribution in [3.63, 3.8) is 0 Å². The fourth-order valence-electron chi connectivity index (χ4n) is 2.17. The Morgan fingerprint density at radius 1 is 1.03 bits per heavy atom. The van der Waals surface area contributed by atoms with E-state index in [9.17, 15) is 17.6 Å². The molecule has 0 radical (unpaired) electrons. The number of aromatic nitrogens is 5. The lowest BCUT2D eigenvalue weighted by molar-refractivity contribution is 0.256. The van der Waals surface area contributed by atoms with Crippen molar-refractivity contribution in [3.05, 3.63) is 24.1 Å². The van der Waals surface area contributed by atoms with Crippen molar-refractivity contribution in [2.75, 3.05) is 26.6 Å². The third kappa shape index (κ3) is 4.08. The van der Waals surface area contributed by atoms with Gasteiger partial charge in [0.15, 0.2) is 5.65 Å². The number of amides is 2. The van der Waals surface area contributed by atoms with Gasteiger partial charge in [0.1, 0.15) is 0 Å². The number of nitrogens with zero attached hydrogens (tertiary/aromatic N) is 5. The van der Waals surface area contributed by atoms with Gasteiger partial charge < -0.3 is 14.2 Å². The van der Waals surface area contributed by atoms with E-state index in [-0.39, 0.29) is 29.2 Å². The first-order valence-electron chi connectivity index (χ1n) is 7.67. The van der Waals surface area contributed by atoms with E-state index in [2.05, 4.69) is 25.4 Å². The number of sulfonamides is 1. The number of hydrogen-bond donors (Lipinski definition) is 2. The van der Waals surface area contributed by atoms with E-state index in [1.165, 1.54) is 39.5 Å². The number of nitrogens with one attached hydrogen (secondary N) is 2. The third-order valence-corrected chi connectivity index (χ3v) is 4.69. The number of ether oxygens (including phenoxy) is 3. The summed E-state index contributed by atoms with van der Waals surface area (Å²) in [7, 11) is -0.779. The number of urea groups is 1. The van der Waals surface area contributed by atoms with Gasteiger partial charge in [0, 0.05) is 6.07 Å². The minimum absolute atomic E-state index is 0.00711. The van der Waals surface area contributed by atoms with E-state index in [0.29, 0.717) is 4.52 Å². The molecule has 0 atom stereocenters. The molecule has 0 saturated heterocycles. The highest BCUT2D eigenvalue weighted by Gasteiger charge is 2.29. The summed E-state index contributed by atoms with van der Waals surface area (Å²) in [4.78, 5) is 23.2. The number of imidazole rings is 1. The Bertz CT molecular complexity index is 1160. The molecule has 3 rings (SSSR count). The smallest absolute Gasteiger partial charge is 0.335 e. The minimum atomic E-state index is -4.72. The highest BCUT2D eigenvalue weighted by atomic mass is 32.2. The zero-order chi connectivity index (χ0) is 21.2. The highest BCUT2D eigenvalue weighted by molar-refractivity contribution is 7.90. The Kier molecular flexibility index (Phi) is 5.31. The predicted molar refractivity (Wildman–Crippen MR) is 94.0 cm³/mol. The zero-order valence-electron chi connectivity index (χ0n) is 15.2. The van der Waals surface area contributed by atoms with Crippen LogP contribution < -0.4 is 24.2 Å². The standard InChI is InChI=1S/C14H14FN7O6S/c1-26-8-5-4-7-16-11(15)12(22(7)20-8)29(24,25)21-14(23)19-13-17-9(27-2)6-10(18-13)28-3/h4-6H,1-3H3,(H2,17,18,19,21,23). The first-order chi connectivity index (χ1) is 13.8. The number of anilines is 1. The number of hydrogen-bond acceptors (Lipinski definition) is 10. The van der Waals surface area contributed by atoms with E-state index in [1.54, 1.807) is 4.72 Å². The molecule has 3 heterocycles. The fraction of sp³-hybridized carbons (Fsp3) is 0.214. The summed E-state index contributed by atoms with van der Waals surface area (Å²) >= 11 is 0. The quantitative estimate of drug-likeness (QED) is 0.556. The molecule has 154 valence electrons. The Labute approximate surface area is 162 Å². The Hall–Kier alpha value is -3.75. The molecule has 0 bridgehead atoms. The van der Waals surface area contributed by atoms with Crippen LogP contribution in [-0.4, -0.2) is 60.3 Å². The fourth-order valence-corrected chi connectivity index (χ4v) is 3.19. The molecule has 3 aromatic heterocycles. The van der Waals surface area contributed by atoms with Crippen LogP contribution >= 0.6 is 0 Å². The monoisotopic (exact) mass is 427 g/mol. The number of rotatable bonds is 6. The van der Waals surface area contributed by atoms with Gasteiger partial charge in [-0.15, -0.1) is 5.10 Å². The first kappa shape index (κ1) is 20.0. The largest absolute Gasteiger partial charge is 0.481 e. The SMILES string of the molecule is COc1cc(OC)nc(NC(=O)NS(=O)(=O)c2c(F)nc3ccc(OC)nn23)n1. The topological polar surface area (TPSA) is 159 Å². The normalized spacial score (nSPS) is 11.2. The molecule has 2 amide bonds. The molecule has 0 aliphatic rings. The summed E-state index contributed by atoms with van der Waals surface area (Å²) in [6.07, 6.45) is 0. The second kappa shape index (κ2) is 7.70. The minimum Gasteiger partial charge on any atom is -0.481 e. The maximum absolute atomic E-state index is 14.2.